The van der Waals surface area contributed by atoms with Crippen LogP contribution in [-0.4, -0.2) is 25.2 Å². The summed E-state index contributed by atoms with van der Waals surface area (Å²) in [5, 5.41) is 6.03. The summed E-state index contributed by atoms with van der Waals surface area (Å²) in [5.74, 6) is 1.34. The normalized spacial score (nSPS) is 14.0. The zero-order valence-electron chi connectivity index (χ0n) is 12.3. The predicted octanol–water partition coefficient (Wildman–Crippen LogP) is 2.90. The molecule has 1 amide bonds. The van der Waals surface area contributed by atoms with E-state index in [0.717, 1.165) is 17.1 Å². The Labute approximate surface area is 129 Å². The minimum atomic E-state index is -0.372. The number of hydrogen-bond donors (Lipinski definition) is 2. The molecular weight excluding hydrogens is 280 g/mol. The number of fused-ring (bicyclic) bond motifs is 1. The molecule has 1 aliphatic heterocycles. The summed E-state index contributed by atoms with van der Waals surface area (Å²) >= 11 is 0. The van der Waals surface area contributed by atoms with Gasteiger partial charge in [0.25, 0.3) is 0 Å². The summed E-state index contributed by atoms with van der Waals surface area (Å²) in [6.07, 6.45) is 0. The summed E-state index contributed by atoms with van der Waals surface area (Å²) in [7, 11) is 0. The molecule has 2 N–H and O–H groups in total. The Kier molecular flexibility index (Phi) is 4.14. The van der Waals surface area contributed by atoms with E-state index in [0.29, 0.717) is 19.0 Å². The number of rotatable bonds is 4. The van der Waals surface area contributed by atoms with Crippen LogP contribution in [0.5, 0.6) is 11.5 Å². The first-order valence-electron chi connectivity index (χ1n) is 7.24. The molecule has 0 bridgehead atoms. The summed E-state index contributed by atoms with van der Waals surface area (Å²) in [4.78, 5) is 12.2. The number of hydrogen-bond acceptors (Lipinski definition) is 4. The Morgan fingerprint density at radius 1 is 1.00 bits per heavy atom. The highest BCUT2D eigenvalue weighted by Crippen LogP contribution is 2.32. The van der Waals surface area contributed by atoms with E-state index >= 15 is 0 Å². The largest absolute Gasteiger partial charge is 0.486 e. The van der Waals surface area contributed by atoms with Crippen molar-refractivity contribution in [3.8, 4) is 11.5 Å². The highest BCUT2D eigenvalue weighted by molar-refractivity contribution is 5.96. The van der Waals surface area contributed by atoms with Crippen LogP contribution in [0.1, 0.15) is 6.92 Å². The third kappa shape index (κ3) is 3.31. The molecule has 5 nitrogen and oxygen atoms in total. The van der Waals surface area contributed by atoms with E-state index < -0.39 is 0 Å². The lowest BCUT2D eigenvalue weighted by molar-refractivity contribution is -0.116. The van der Waals surface area contributed by atoms with Gasteiger partial charge in [-0.2, -0.15) is 0 Å². The molecule has 1 atom stereocenters. The first-order valence-corrected chi connectivity index (χ1v) is 7.24. The summed E-state index contributed by atoms with van der Waals surface area (Å²) in [5.41, 5.74) is 1.60. The molecule has 1 unspecified atom stereocenters. The number of carbonyl (C=O) groups is 1. The van der Waals surface area contributed by atoms with E-state index in [-0.39, 0.29) is 11.9 Å². The third-order valence-corrected chi connectivity index (χ3v) is 3.36. The van der Waals surface area contributed by atoms with Crippen LogP contribution in [0.2, 0.25) is 0 Å². The van der Waals surface area contributed by atoms with Gasteiger partial charge in [0.1, 0.15) is 19.3 Å². The fourth-order valence-electron chi connectivity index (χ4n) is 2.22. The number of nitrogens with one attached hydrogen (secondary N) is 2. The maximum atomic E-state index is 12.2. The van der Waals surface area contributed by atoms with Gasteiger partial charge in [0.2, 0.25) is 5.91 Å². The summed E-state index contributed by atoms with van der Waals surface area (Å²) < 4.78 is 11.0. The Balaban J connectivity index is 1.63. The summed E-state index contributed by atoms with van der Waals surface area (Å²) in [6, 6.07) is 14.6. The van der Waals surface area contributed by atoms with E-state index in [4.69, 9.17) is 9.47 Å². The van der Waals surface area contributed by atoms with Crippen molar-refractivity contribution in [2.45, 2.75) is 13.0 Å². The van der Waals surface area contributed by atoms with Crippen LogP contribution in [-0.2, 0) is 4.79 Å². The molecule has 0 radical (unpaired) electrons. The van der Waals surface area contributed by atoms with Crippen LogP contribution >= 0.6 is 0 Å². The van der Waals surface area contributed by atoms with Gasteiger partial charge in [-0.3, -0.25) is 4.79 Å². The maximum Gasteiger partial charge on any atom is 0.246 e. The van der Waals surface area contributed by atoms with Crippen LogP contribution < -0.4 is 20.1 Å². The molecule has 0 fully saturated rings. The highest BCUT2D eigenvalue weighted by Gasteiger charge is 2.15. The van der Waals surface area contributed by atoms with Crippen molar-refractivity contribution < 1.29 is 14.3 Å². The number of benzene rings is 2. The monoisotopic (exact) mass is 298 g/mol. The second-order valence-corrected chi connectivity index (χ2v) is 5.08. The molecule has 22 heavy (non-hydrogen) atoms. The quantitative estimate of drug-likeness (QED) is 0.911. The average Bonchev–Trinajstić information content (AvgIpc) is 2.55. The van der Waals surface area contributed by atoms with E-state index in [9.17, 15) is 4.79 Å². The second kappa shape index (κ2) is 6.39. The molecule has 0 aliphatic carbocycles. The van der Waals surface area contributed by atoms with Gasteiger partial charge in [-0.25, -0.2) is 0 Å². The maximum absolute atomic E-state index is 12.2. The van der Waals surface area contributed by atoms with Gasteiger partial charge in [0.05, 0.1) is 0 Å². The Morgan fingerprint density at radius 2 is 1.73 bits per heavy atom. The lowest BCUT2D eigenvalue weighted by atomic mass is 10.2. The Bertz CT molecular complexity index is 658. The van der Waals surface area contributed by atoms with Crippen LogP contribution in [0.3, 0.4) is 0 Å². The Morgan fingerprint density at radius 3 is 2.50 bits per heavy atom. The van der Waals surface area contributed by atoms with Crippen molar-refractivity contribution in [2.75, 3.05) is 23.8 Å². The predicted molar refractivity (Wildman–Crippen MR) is 85.6 cm³/mol. The minimum absolute atomic E-state index is 0.0962. The fourth-order valence-corrected chi connectivity index (χ4v) is 2.22. The fraction of sp³-hybridized carbons (Fsp3) is 0.235. The average molecular weight is 298 g/mol. The second-order valence-electron chi connectivity index (χ2n) is 5.08. The molecule has 0 spiro atoms. The van der Waals surface area contributed by atoms with Crippen molar-refractivity contribution in [1.29, 1.82) is 0 Å². The van der Waals surface area contributed by atoms with Gasteiger partial charge in [-0.05, 0) is 31.2 Å². The van der Waals surface area contributed by atoms with Crippen LogP contribution in [0, 0.1) is 0 Å². The van der Waals surface area contributed by atoms with Crippen LogP contribution in [0.15, 0.2) is 48.5 Å². The minimum Gasteiger partial charge on any atom is -0.486 e. The number of ether oxygens (including phenoxy) is 2. The van der Waals surface area contributed by atoms with Crippen molar-refractivity contribution in [1.82, 2.24) is 0 Å². The molecule has 0 saturated carbocycles. The van der Waals surface area contributed by atoms with E-state index in [1.807, 2.05) is 55.5 Å². The molecular formula is C17H18N2O3. The molecule has 2 aromatic carbocycles. The SMILES string of the molecule is CC(Nc1ccc2c(c1)OCCO2)C(=O)Nc1ccccc1. The van der Waals surface area contributed by atoms with Gasteiger partial charge in [-0.1, -0.05) is 18.2 Å². The summed E-state index contributed by atoms with van der Waals surface area (Å²) in [6.45, 7) is 2.92. The van der Waals surface area contributed by atoms with Crippen LogP contribution in [0.25, 0.3) is 0 Å². The Hall–Kier alpha value is -2.69. The first-order chi connectivity index (χ1) is 10.7. The molecule has 1 aliphatic rings. The van der Waals surface area contributed by atoms with Crippen molar-refractivity contribution >= 4 is 17.3 Å². The van der Waals surface area contributed by atoms with Gasteiger partial charge in [0.15, 0.2) is 11.5 Å². The van der Waals surface area contributed by atoms with E-state index in [1.54, 1.807) is 0 Å². The van der Waals surface area contributed by atoms with Crippen molar-refractivity contribution in [3.05, 3.63) is 48.5 Å². The zero-order chi connectivity index (χ0) is 15.4. The van der Waals surface area contributed by atoms with Gasteiger partial charge >= 0.3 is 0 Å². The number of para-hydroxylation sites is 1. The standard InChI is InChI=1S/C17H18N2O3/c1-12(17(20)19-13-5-3-2-4-6-13)18-14-7-8-15-16(11-14)22-10-9-21-15/h2-8,11-12,18H,9-10H2,1H3,(H,19,20). The molecule has 3 rings (SSSR count). The van der Waals surface area contributed by atoms with Crippen LogP contribution in [0.4, 0.5) is 11.4 Å². The zero-order valence-corrected chi connectivity index (χ0v) is 12.3. The van der Waals surface area contributed by atoms with E-state index in [1.165, 1.54) is 0 Å². The molecule has 0 aromatic heterocycles. The van der Waals surface area contributed by atoms with Crippen molar-refractivity contribution in [3.63, 3.8) is 0 Å². The number of anilines is 2. The molecule has 114 valence electrons. The van der Waals surface area contributed by atoms with E-state index in [2.05, 4.69) is 10.6 Å². The lowest BCUT2D eigenvalue weighted by Gasteiger charge is -2.20. The smallest absolute Gasteiger partial charge is 0.246 e. The molecule has 0 saturated heterocycles. The van der Waals surface area contributed by atoms with Crippen molar-refractivity contribution in [2.24, 2.45) is 0 Å². The van der Waals surface area contributed by atoms with Gasteiger partial charge in [0, 0.05) is 17.4 Å². The topological polar surface area (TPSA) is 59.6 Å². The molecule has 5 heteroatoms. The lowest BCUT2D eigenvalue weighted by Crippen LogP contribution is -2.31. The molecule has 1 heterocycles. The van der Waals surface area contributed by atoms with Gasteiger partial charge < -0.3 is 20.1 Å². The highest BCUT2D eigenvalue weighted by atomic mass is 16.6. The first kappa shape index (κ1) is 14.3. The van der Waals surface area contributed by atoms with Gasteiger partial charge in [-0.15, -0.1) is 0 Å². The third-order valence-electron chi connectivity index (χ3n) is 3.36. The number of amides is 1. The molecule has 2 aromatic rings. The number of carbonyl (C=O) groups excluding carboxylic acids is 1.